The lowest BCUT2D eigenvalue weighted by Crippen LogP contribution is -2.44. The molecule has 176 valence electrons. The molecule has 0 aliphatic carbocycles. The largest absolute Gasteiger partial charge is 0.383 e. The highest BCUT2D eigenvalue weighted by Gasteiger charge is 2.16. The molecule has 1 saturated heterocycles. The van der Waals surface area contributed by atoms with Gasteiger partial charge in [0.25, 0.3) is 0 Å². The molecule has 0 atom stereocenters. The molecule has 8 heteroatoms. The third kappa shape index (κ3) is 5.93. The molecule has 0 radical (unpaired) electrons. The molecule has 2 aromatic heterocycles. The molecule has 0 spiro atoms. The van der Waals surface area contributed by atoms with Gasteiger partial charge in [-0.15, -0.1) is 12.4 Å². The molecule has 3 aromatic rings. The van der Waals surface area contributed by atoms with E-state index < -0.39 is 0 Å². The van der Waals surface area contributed by atoms with Crippen molar-refractivity contribution in [2.45, 2.75) is 13.1 Å². The number of benzene rings is 1. The molecule has 33 heavy (non-hydrogen) atoms. The highest BCUT2D eigenvalue weighted by molar-refractivity contribution is 5.91. The molecule has 4 rings (SSSR count). The zero-order valence-electron chi connectivity index (χ0n) is 19.6. The number of rotatable bonds is 6. The smallest absolute Gasteiger partial charge is 0.246 e. The summed E-state index contributed by atoms with van der Waals surface area (Å²) in [6.07, 6.45) is 5.15. The third-order valence-corrected chi connectivity index (χ3v) is 6.26. The highest BCUT2D eigenvalue weighted by Crippen LogP contribution is 2.20. The van der Waals surface area contributed by atoms with Gasteiger partial charge in [-0.1, -0.05) is 18.2 Å². The standard InChI is InChI=1S/C25H32N6O.ClH/c1-28-10-12-31(13-11-28)17-21-14-19(16-27-25(21)26)8-9-24(32)29(2)18-22-15-20-6-4-5-7-23(20)30(22)3;/h4-9,14-16H,10-13,17-18H2,1-3H3,(H2,26,27);1H/b9-8+;. The second-order valence-electron chi connectivity index (χ2n) is 8.67. The van der Waals surface area contributed by atoms with E-state index in [0.717, 1.165) is 49.5 Å². The van der Waals surface area contributed by atoms with E-state index in [1.54, 1.807) is 17.2 Å². The Kier molecular flexibility index (Phi) is 8.13. The van der Waals surface area contributed by atoms with Crippen molar-refractivity contribution >= 4 is 41.1 Å². The monoisotopic (exact) mass is 468 g/mol. The Morgan fingerprint density at radius 1 is 1.15 bits per heavy atom. The first-order valence-electron chi connectivity index (χ1n) is 11.0. The van der Waals surface area contributed by atoms with Crippen LogP contribution in [0.5, 0.6) is 0 Å². The van der Waals surface area contributed by atoms with Crippen LogP contribution in [0.1, 0.15) is 16.8 Å². The fourth-order valence-electron chi connectivity index (χ4n) is 4.12. The van der Waals surface area contributed by atoms with E-state index in [4.69, 9.17) is 5.73 Å². The molecular formula is C25H33ClN6O. The summed E-state index contributed by atoms with van der Waals surface area (Å²) in [7, 11) is 6.00. The Morgan fingerprint density at radius 3 is 2.61 bits per heavy atom. The van der Waals surface area contributed by atoms with Crippen LogP contribution in [0.2, 0.25) is 0 Å². The van der Waals surface area contributed by atoms with Crippen molar-refractivity contribution in [1.29, 1.82) is 0 Å². The Labute approximate surface area is 201 Å². The summed E-state index contributed by atoms with van der Waals surface area (Å²) < 4.78 is 2.14. The van der Waals surface area contributed by atoms with Gasteiger partial charge in [-0.25, -0.2) is 4.98 Å². The molecule has 1 aliphatic rings. The lowest BCUT2D eigenvalue weighted by Gasteiger charge is -2.32. The van der Waals surface area contributed by atoms with E-state index in [1.165, 1.54) is 10.9 Å². The minimum atomic E-state index is -0.0484. The number of hydrogen-bond donors (Lipinski definition) is 1. The number of aryl methyl sites for hydroxylation is 1. The number of para-hydroxylation sites is 1. The number of piperazine rings is 1. The van der Waals surface area contributed by atoms with Gasteiger partial charge in [0.05, 0.1) is 6.54 Å². The number of halogens is 1. The van der Waals surface area contributed by atoms with E-state index in [-0.39, 0.29) is 18.3 Å². The third-order valence-electron chi connectivity index (χ3n) is 6.26. The second kappa shape index (κ2) is 10.8. The molecule has 2 N–H and O–H groups in total. The number of carbonyl (C=O) groups excluding carboxylic acids is 1. The van der Waals surface area contributed by atoms with Crippen LogP contribution >= 0.6 is 12.4 Å². The predicted molar refractivity (Wildman–Crippen MR) is 137 cm³/mol. The van der Waals surface area contributed by atoms with Crippen molar-refractivity contribution in [2.75, 3.05) is 46.0 Å². The second-order valence-corrected chi connectivity index (χ2v) is 8.67. The number of nitrogen functional groups attached to an aromatic ring is 1. The number of likely N-dealkylation sites (N-methyl/N-ethyl adjacent to an activating group) is 2. The summed E-state index contributed by atoms with van der Waals surface area (Å²) in [5.74, 6) is 0.507. The van der Waals surface area contributed by atoms with Crippen molar-refractivity contribution < 1.29 is 4.79 Å². The van der Waals surface area contributed by atoms with Gasteiger partial charge in [-0.3, -0.25) is 9.69 Å². The topological polar surface area (TPSA) is 70.6 Å². The number of aromatic nitrogens is 2. The number of fused-ring (bicyclic) bond motifs is 1. The van der Waals surface area contributed by atoms with E-state index in [0.29, 0.717) is 12.4 Å². The summed E-state index contributed by atoms with van der Waals surface area (Å²) in [4.78, 5) is 23.5. The average Bonchev–Trinajstić information content (AvgIpc) is 3.11. The normalized spacial score (nSPS) is 15.1. The van der Waals surface area contributed by atoms with Crippen molar-refractivity contribution in [3.8, 4) is 0 Å². The van der Waals surface area contributed by atoms with E-state index in [9.17, 15) is 4.79 Å². The number of anilines is 1. The number of amides is 1. The summed E-state index contributed by atoms with van der Waals surface area (Å²) in [6, 6.07) is 12.4. The summed E-state index contributed by atoms with van der Waals surface area (Å²) in [6.45, 7) is 5.49. The molecule has 1 aliphatic heterocycles. The average molecular weight is 469 g/mol. The minimum Gasteiger partial charge on any atom is -0.383 e. The Bertz CT molecular complexity index is 1130. The molecule has 3 heterocycles. The molecule has 7 nitrogen and oxygen atoms in total. The van der Waals surface area contributed by atoms with Crippen LogP contribution in [0.25, 0.3) is 17.0 Å². The van der Waals surface area contributed by atoms with Crippen LogP contribution in [0.15, 0.2) is 48.7 Å². The van der Waals surface area contributed by atoms with Crippen molar-refractivity contribution in [3.63, 3.8) is 0 Å². The Hall–Kier alpha value is -2.87. The maximum Gasteiger partial charge on any atom is 0.246 e. The SMILES string of the molecule is CN1CCN(Cc2cc(/C=C/C(=O)N(C)Cc3cc4ccccc4n3C)cnc2N)CC1.Cl. The van der Waals surface area contributed by atoms with Crippen LogP contribution in [0.4, 0.5) is 5.82 Å². The van der Waals surface area contributed by atoms with Crippen molar-refractivity contribution in [1.82, 2.24) is 24.3 Å². The zero-order valence-corrected chi connectivity index (χ0v) is 20.4. The lowest BCUT2D eigenvalue weighted by atomic mass is 10.1. The van der Waals surface area contributed by atoms with Gasteiger partial charge in [-0.05, 0) is 42.3 Å². The minimum absolute atomic E-state index is 0. The molecule has 1 fully saturated rings. The van der Waals surface area contributed by atoms with Gasteiger partial charge in [0, 0.05) is 75.9 Å². The first kappa shape index (κ1) is 24.8. The highest BCUT2D eigenvalue weighted by atomic mass is 35.5. The van der Waals surface area contributed by atoms with Crippen LogP contribution < -0.4 is 5.73 Å². The first-order valence-corrected chi connectivity index (χ1v) is 11.0. The fraction of sp³-hybridized carbons (Fsp3) is 0.360. The first-order chi connectivity index (χ1) is 15.4. The quantitative estimate of drug-likeness (QED) is 0.563. The predicted octanol–water partition coefficient (Wildman–Crippen LogP) is 3.00. The molecular weight excluding hydrogens is 436 g/mol. The molecule has 0 unspecified atom stereocenters. The number of nitrogens with two attached hydrogens (primary N) is 1. The van der Waals surface area contributed by atoms with E-state index in [2.05, 4.69) is 44.6 Å². The lowest BCUT2D eigenvalue weighted by molar-refractivity contribution is -0.125. The Morgan fingerprint density at radius 2 is 1.88 bits per heavy atom. The van der Waals surface area contributed by atoms with Gasteiger partial charge < -0.3 is 20.1 Å². The number of pyridine rings is 1. The number of carbonyl (C=O) groups is 1. The Balaban J connectivity index is 0.00000306. The van der Waals surface area contributed by atoms with E-state index >= 15 is 0 Å². The molecule has 1 amide bonds. The maximum atomic E-state index is 12.7. The van der Waals surface area contributed by atoms with Crippen LogP contribution in [-0.4, -0.2) is 70.4 Å². The van der Waals surface area contributed by atoms with Gasteiger partial charge in [0.1, 0.15) is 5.82 Å². The van der Waals surface area contributed by atoms with Gasteiger partial charge >= 0.3 is 0 Å². The van der Waals surface area contributed by atoms with Crippen molar-refractivity contribution in [3.05, 3.63) is 65.5 Å². The summed E-state index contributed by atoms with van der Waals surface area (Å²) in [5.41, 5.74) is 10.3. The van der Waals surface area contributed by atoms with Gasteiger partial charge in [-0.2, -0.15) is 0 Å². The molecule has 1 aromatic carbocycles. The van der Waals surface area contributed by atoms with E-state index in [1.807, 2.05) is 38.4 Å². The summed E-state index contributed by atoms with van der Waals surface area (Å²) >= 11 is 0. The number of hydrogen-bond acceptors (Lipinski definition) is 5. The van der Waals surface area contributed by atoms with Crippen LogP contribution in [0, 0.1) is 0 Å². The maximum absolute atomic E-state index is 12.7. The summed E-state index contributed by atoms with van der Waals surface area (Å²) in [5, 5.41) is 1.18. The van der Waals surface area contributed by atoms with Crippen LogP contribution in [0.3, 0.4) is 0 Å². The van der Waals surface area contributed by atoms with Gasteiger partial charge in [0.2, 0.25) is 5.91 Å². The fourth-order valence-corrected chi connectivity index (χ4v) is 4.12. The van der Waals surface area contributed by atoms with Crippen LogP contribution in [-0.2, 0) is 24.9 Å². The van der Waals surface area contributed by atoms with Gasteiger partial charge in [0.15, 0.2) is 0 Å². The molecule has 0 bridgehead atoms. The zero-order chi connectivity index (χ0) is 22.7. The van der Waals surface area contributed by atoms with Crippen molar-refractivity contribution in [2.24, 2.45) is 7.05 Å². The number of nitrogens with zero attached hydrogens (tertiary/aromatic N) is 5. The molecule has 0 saturated carbocycles.